The third-order valence-electron chi connectivity index (χ3n) is 7.84. The molecule has 3 atom stereocenters. The number of morpholine rings is 1. The molecule has 0 spiro atoms. The minimum absolute atomic E-state index is 0.241. The van der Waals surface area contributed by atoms with E-state index in [1.807, 2.05) is 19.1 Å². The van der Waals surface area contributed by atoms with E-state index < -0.39 is 0 Å². The molecule has 3 fully saturated rings. The lowest BCUT2D eigenvalue weighted by molar-refractivity contribution is -0.145. The van der Waals surface area contributed by atoms with Crippen LogP contribution in [0.25, 0.3) is 0 Å². The van der Waals surface area contributed by atoms with Crippen molar-refractivity contribution in [1.82, 2.24) is 15.1 Å². The van der Waals surface area contributed by atoms with E-state index in [-0.39, 0.29) is 11.3 Å². The summed E-state index contributed by atoms with van der Waals surface area (Å²) in [6, 6.07) is 6.53. The fourth-order valence-electron chi connectivity index (χ4n) is 5.83. The molecule has 2 aliphatic heterocycles. The number of amides is 1. The predicted molar refractivity (Wildman–Crippen MR) is 121 cm³/mol. The Hall–Kier alpha value is -1.14. The van der Waals surface area contributed by atoms with E-state index in [0.29, 0.717) is 18.5 Å². The first-order valence-electron chi connectivity index (χ1n) is 11.6. The number of nitrogens with zero attached hydrogens (tertiary/aromatic N) is 2. The monoisotopic (exact) mass is 433 g/mol. The summed E-state index contributed by atoms with van der Waals surface area (Å²) in [4.78, 5) is 18.7. The van der Waals surface area contributed by atoms with Crippen LogP contribution in [0.15, 0.2) is 18.2 Å². The fraction of sp³-hybridized carbons (Fsp3) is 0.708. The molecule has 1 aromatic carbocycles. The van der Waals surface area contributed by atoms with Crippen molar-refractivity contribution in [2.75, 3.05) is 45.9 Å². The van der Waals surface area contributed by atoms with Gasteiger partial charge in [-0.1, -0.05) is 30.7 Å². The van der Waals surface area contributed by atoms with Crippen LogP contribution in [0.4, 0.5) is 0 Å². The average Bonchev–Trinajstić information content (AvgIpc) is 2.79. The minimum Gasteiger partial charge on any atom is -0.379 e. The summed E-state index contributed by atoms with van der Waals surface area (Å²) >= 11 is 6.28. The molecule has 3 aliphatic rings. The van der Waals surface area contributed by atoms with Crippen LogP contribution >= 0.6 is 11.6 Å². The van der Waals surface area contributed by atoms with Crippen LogP contribution < -0.4 is 5.32 Å². The van der Waals surface area contributed by atoms with Gasteiger partial charge in [0, 0.05) is 37.2 Å². The number of nitrogens with one attached hydrogen (secondary N) is 1. The van der Waals surface area contributed by atoms with Gasteiger partial charge in [-0.2, -0.15) is 0 Å². The molecule has 0 aromatic heterocycles. The SMILES string of the molecule is CCN1CC[C@@H]2C[C@@H](N3CCOCC3)CC[C@@]2(C(=O)NCc2cccc(Cl)c2C)C1. The smallest absolute Gasteiger partial charge is 0.228 e. The molecular formula is C24H36ClN3O2. The summed E-state index contributed by atoms with van der Waals surface area (Å²) in [6.45, 7) is 11.6. The average molecular weight is 434 g/mol. The molecule has 5 nitrogen and oxygen atoms in total. The Morgan fingerprint density at radius 3 is 2.83 bits per heavy atom. The topological polar surface area (TPSA) is 44.8 Å². The summed E-state index contributed by atoms with van der Waals surface area (Å²) in [7, 11) is 0. The van der Waals surface area contributed by atoms with E-state index >= 15 is 0 Å². The predicted octanol–water partition coefficient (Wildman–Crippen LogP) is 3.48. The highest BCUT2D eigenvalue weighted by Gasteiger charge is 2.52. The molecule has 0 bridgehead atoms. The fourth-order valence-corrected chi connectivity index (χ4v) is 6.02. The van der Waals surface area contributed by atoms with E-state index in [4.69, 9.17) is 16.3 Å². The highest BCUT2D eigenvalue weighted by atomic mass is 35.5. The molecule has 2 saturated heterocycles. The van der Waals surface area contributed by atoms with Crippen molar-refractivity contribution in [3.63, 3.8) is 0 Å². The molecule has 1 amide bonds. The number of halogens is 1. The van der Waals surface area contributed by atoms with Crippen molar-refractivity contribution in [1.29, 1.82) is 0 Å². The quantitative estimate of drug-likeness (QED) is 0.772. The summed E-state index contributed by atoms with van der Waals surface area (Å²) in [5.74, 6) is 0.702. The van der Waals surface area contributed by atoms with Gasteiger partial charge in [0.25, 0.3) is 0 Å². The molecule has 6 heteroatoms. The lowest BCUT2D eigenvalue weighted by Crippen LogP contribution is -2.60. The zero-order valence-corrected chi connectivity index (χ0v) is 19.2. The second-order valence-electron chi connectivity index (χ2n) is 9.29. The molecule has 30 heavy (non-hydrogen) atoms. The number of hydrogen-bond acceptors (Lipinski definition) is 4. The molecule has 166 valence electrons. The molecule has 1 aliphatic carbocycles. The van der Waals surface area contributed by atoms with Gasteiger partial charge >= 0.3 is 0 Å². The number of hydrogen-bond donors (Lipinski definition) is 1. The van der Waals surface area contributed by atoms with Gasteiger partial charge < -0.3 is 15.0 Å². The van der Waals surface area contributed by atoms with Crippen LogP contribution in [-0.2, 0) is 16.1 Å². The van der Waals surface area contributed by atoms with E-state index in [1.165, 1.54) is 0 Å². The van der Waals surface area contributed by atoms with Crippen molar-refractivity contribution >= 4 is 17.5 Å². The van der Waals surface area contributed by atoms with Crippen molar-refractivity contribution in [3.05, 3.63) is 34.3 Å². The van der Waals surface area contributed by atoms with Crippen LogP contribution in [-0.4, -0.2) is 67.7 Å². The minimum atomic E-state index is -0.260. The number of carbonyl (C=O) groups excluding carboxylic acids is 1. The van der Waals surface area contributed by atoms with Crippen molar-refractivity contribution in [2.45, 2.75) is 52.1 Å². The zero-order chi connectivity index (χ0) is 21.1. The molecule has 4 rings (SSSR count). The number of benzene rings is 1. The number of fused-ring (bicyclic) bond motifs is 1. The first-order chi connectivity index (χ1) is 14.5. The molecule has 0 unspecified atom stereocenters. The summed E-state index contributed by atoms with van der Waals surface area (Å²) in [5.41, 5.74) is 1.90. The van der Waals surface area contributed by atoms with Gasteiger partial charge in [-0.05, 0) is 68.8 Å². The Labute approximate surface area is 186 Å². The third-order valence-corrected chi connectivity index (χ3v) is 8.25. The Bertz CT molecular complexity index is 752. The van der Waals surface area contributed by atoms with E-state index in [1.54, 1.807) is 0 Å². The van der Waals surface area contributed by atoms with Crippen LogP contribution in [0.5, 0.6) is 0 Å². The van der Waals surface area contributed by atoms with Gasteiger partial charge in [0.05, 0.1) is 18.6 Å². The van der Waals surface area contributed by atoms with Gasteiger partial charge in [0.2, 0.25) is 5.91 Å². The molecule has 1 N–H and O–H groups in total. The van der Waals surface area contributed by atoms with Gasteiger partial charge in [-0.15, -0.1) is 0 Å². The van der Waals surface area contributed by atoms with E-state index in [2.05, 4.69) is 28.1 Å². The first kappa shape index (κ1) is 22.1. The Balaban J connectivity index is 1.48. The van der Waals surface area contributed by atoms with Crippen LogP contribution in [0.1, 0.15) is 43.7 Å². The largest absolute Gasteiger partial charge is 0.379 e. The number of piperidine rings is 1. The molecular weight excluding hydrogens is 398 g/mol. The van der Waals surface area contributed by atoms with Crippen LogP contribution in [0.3, 0.4) is 0 Å². The maximum atomic E-state index is 13.7. The van der Waals surface area contributed by atoms with Gasteiger partial charge in [0.15, 0.2) is 0 Å². The first-order valence-corrected chi connectivity index (χ1v) is 12.0. The maximum Gasteiger partial charge on any atom is 0.228 e. The van der Waals surface area contributed by atoms with Crippen molar-refractivity contribution in [3.8, 4) is 0 Å². The standard InChI is InChI=1S/C24H36ClN3O2/c1-3-27-10-8-20-15-21(28-11-13-30-14-12-28)7-9-24(20,17-27)23(29)26-16-19-5-4-6-22(25)18(19)2/h4-6,20-21H,3,7-17H2,1-2H3,(H,26,29)/t20-,21+,24-/m1/s1. The second kappa shape index (κ2) is 9.56. The van der Waals surface area contributed by atoms with E-state index in [0.717, 1.165) is 87.8 Å². The number of ether oxygens (including phenoxy) is 1. The second-order valence-corrected chi connectivity index (χ2v) is 9.70. The van der Waals surface area contributed by atoms with Gasteiger partial charge in [0.1, 0.15) is 0 Å². The molecule has 2 heterocycles. The van der Waals surface area contributed by atoms with Crippen molar-refractivity contribution < 1.29 is 9.53 Å². The normalized spacial score (nSPS) is 30.6. The highest BCUT2D eigenvalue weighted by Crippen LogP contribution is 2.48. The highest BCUT2D eigenvalue weighted by molar-refractivity contribution is 6.31. The third kappa shape index (κ3) is 4.40. The molecule has 0 radical (unpaired) electrons. The number of rotatable bonds is 5. The maximum absolute atomic E-state index is 13.7. The van der Waals surface area contributed by atoms with Gasteiger partial charge in [-0.3, -0.25) is 9.69 Å². The zero-order valence-electron chi connectivity index (χ0n) is 18.5. The Morgan fingerprint density at radius 1 is 1.27 bits per heavy atom. The number of likely N-dealkylation sites (tertiary alicyclic amines) is 1. The Morgan fingerprint density at radius 2 is 2.07 bits per heavy atom. The summed E-state index contributed by atoms with van der Waals surface area (Å²) in [6.07, 6.45) is 4.35. The molecule has 1 aromatic rings. The summed E-state index contributed by atoms with van der Waals surface area (Å²) < 4.78 is 5.55. The van der Waals surface area contributed by atoms with Crippen molar-refractivity contribution in [2.24, 2.45) is 11.3 Å². The van der Waals surface area contributed by atoms with Gasteiger partial charge in [-0.25, -0.2) is 0 Å². The number of carbonyl (C=O) groups is 1. The van der Waals surface area contributed by atoms with Crippen LogP contribution in [0, 0.1) is 18.3 Å². The summed E-state index contributed by atoms with van der Waals surface area (Å²) in [5, 5.41) is 4.07. The van der Waals surface area contributed by atoms with E-state index in [9.17, 15) is 4.79 Å². The lowest BCUT2D eigenvalue weighted by Gasteiger charge is -2.53. The lowest BCUT2D eigenvalue weighted by atomic mass is 9.61. The Kier molecular flexibility index (Phi) is 7.03. The molecule has 1 saturated carbocycles. The van der Waals surface area contributed by atoms with Crippen LogP contribution in [0.2, 0.25) is 5.02 Å².